The van der Waals surface area contributed by atoms with Gasteiger partial charge in [0.15, 0.2) is 0 Å². The van der Waals surface area contributed by atoms with Crippen molar-refractivity contribution in [3.63, 3.8) is 0 Å². The van der Waals surface area contributed by atoms with E-state index in [1.165, 1.54) is 12.8 Å². The zero-order valence-corrected chi connectivity index (χ0v) is 10.1. The van der Waals surface area contributed by atoms with Gasteiger partial charge in [0.05, 0.1) is 18.3 Å². The van der Waals surface area contributed by atoms with Gasteiger partial charge in [0.1, 0.15) is 0 Å². The maximum atomic E-state index is 9.73. The van der Waals surface area contributed by atoms with Gasteiger partial charge in [-0.3, -0.25) is 4.90 Å². The lowest BCUT2D eigenvalue weighted by atomic mass is 9.94. The van der Waals surface area contributed by atoms with E-state index in [1.54, 1.807) is 0 Å². The van der Waals surface area contributed by atoms with E-state index in [1.807, 2.05) is 0 Å². The summed E-state index contributed by atoms with van der Waals surface area (Å²) in [4.78, 5) is 2.42. The van der Waals surface area contributed by atoms with Crippen molar-refractivity contribution < 1.29 is 9.84 Å². The summed E-state index contributed by atoms with van der Waals surface area (Å²) in [5, 5.41) is 9.73. The highest BCUT2D eigenvalue weighted by Crippen LogP contribution is 2.39. The molecule has 0 aromatic rings. The van der Waals surface area contributed by atoms with Crippen LogP contribution in [0.15, 0.2) is 0 Å². The Morgan fingerprint density at radius 3 is 2.87 bits per heavy atom. The van der Waals surface area contributed by atoms with Gasteiger partial charge in [0.25, 0.3) is 0 Å². The Morgan fingerprint density at radius 1 is 1.47 bits per heavy atom. The summed E-state index contributed by atoms with van der Waals surface area (Å²) in [6.07, 6.45) is 3.18. The predicted octanol–water partition coefficient (Wildman–Crippen LogP) is 1.40. The van der Waals surface area contributed by atoms with Gasteiger partial charge in [0.2, 0.25) is 0 Å². The van der Waals surface area contributed by atoms with Gasteiger partial charge in [-0.2, -0.15) is 0 Å². The van der Waals surface area contributed by atoms with E-state index in [9.17, 15) is 5.11 Å². The number of fused-ring (bicyclic) bond motifs is 1. The molecule has 2 saturated heterocycles. The van der Waals surface area contributed by atoms with E-state index in [-0.39, 0.29) is 17.2 Å². The minimum absolute atomic E-state index is 0.0729. The predicted molar refractivity (Wildman–Crippen MR) is 59.9 cm³/mol. The largest absolute Gasteiger partial charge is 0.392 e. The molecule has 2 fully saturated rings. The summed E-state index contributed by atoms with van der Waals surface area (Å²) >= 11 is 0. The highest BCUT2D eigenvalue weighted by Gasteiger charge is 2.48. The molecule has 2 rings (SSSR count). The van der Waals surface area contributed by atoms with Crippen LogP contribution in [0.3, 0.4) is 0 Å². The van der Waals surface area contributed by atoms with E-state index < -0.39 is 0 Å². The lowest BCUT2D eigenvalue weighted by Gasteiger charge is -2.34. The van der Waals surface area contributed by atoms with Crippen LogP contribution in [0.2, 0.25) is 0 Å². The van der Waals surface area contributed by atoms with E-state index in [0.717, 1.165) is 26.1 Å². The van der Waals surface area contributed by atoms with Crippen molar-refractivity contribution in [3.8, 4) is 0 Å². The van der Waals surface area contributed by atoms with E-state index in [2.05, 4.69) is 25.7 Å². The number of rotatable bonds is 2. The van der Waals surface area contributed by atoms with Gasteiger partial charge in [-0.1, -0.05) is 0 Å². The Morgan fingerprint density at radius 2 is 2.20 bits per heavy atom. The zero-order valence-electron chi connectivity index (χ0n) is 10.1. The first-order valence-corrected chi connectivity index (χ1v) is 5.98. The molecule has 0 bridgehead atoms. The van der Waals surface area contributed by atoms with Crippen LogP contribution in [0.25, 0.3) is 0 Å². The second-order valence-corrected chi connectivity index (χ2v) is 6.03. The topological polar surface area (TPSA) is 32.7 Å². The van der Waals surface area contributed by atoms with Gasteiger partial charge in [-0.25, -0.2) is 0 Å². The molecule has 0 radical (unpaired) electrons. The number of hydrogen-bond acceptors (Lipinski definition) is 3. The van der Waals surface area contributed by atoms with Crippen molar-refractivity contribution in [2.24, 2.45) is 0 Å². The summed E-state index contributed by atoms with van der Waals surface area (Å²) in [5.74, 6) is 0. The van der Waals surface area contributed by atoms with E-state index in [4.69, 9.17) is 4.74 Å². The third-order valence-electron chi connectivity index (χ3n) is 3.56. The van der Waals surface area contributed by atoms with Crippen LogP contribution in [0.1, 0.15) is 40.0 Å². The summed E-state index contributed by atoms with van der Waals surface area (Å²) < 4.78 is 5.91. The van der Waals surface area contributed by atoms with Crippen molar-refractivity contribution in [2.45, 2.75) is 57.3 Å². The first kappa shape index (κ1) is 11.4. The maximum absolute atomic E-state index is 9.73. The van der Waals surface area contributed by atoms with Gasteiger partial charge in [0, 0.05) is 12.1 Å². The van der Waals surface area contributed by atoms with Crippen LogP contribution in [0.5, 0.6) is 0 Å². The quantitative estimate of drug-likeness (QED) is 0.752. The first-order valence-electron chi connectivity index (χ1n) is 5.98. The Labute approximate surface area is 92.4 Å². The van der Waals surface area contributed by atoms with Crippen molar-refractivity contribution >= 4 is 0 Å². The molecule has 2 heterocycles. The van der Waals surface area contributed by atoms with Crippen LogP contribution in [-0.2, 0) is 4.74 Å². The Hall–Kier alpha value is -0.120. The summed E-state index contributed by atoms with van der Waals surface area (Å²) in [5.41, 5.74) is 0.0727. The standard InChI is InChI=1S/C12H23NO2/c1-11(2,3)15-9-12-5-4-6-13(12)8-10(14)7-12/h10,14H,4-9H2,1-3H3/t10-,12+/m1/s1. The van der Waals surface area contributed by atoms with Crippen molar-refractivity contribution in [1.29, 1.82) is 0 Å². The minimum atomic E-state index is -0.145. The van der Waals surface area contributed by atoms with Crippen LogP contribution in [-0.4, -0.2) is 46.9 Å². The van der Waals surface area contributed by atoms with Gasteiger partial charge >= 0.3 is 0 Å². The number of hydrogen-bond donors (Lipinski definition) is 1. The fraction of sp³-hybridized carbons (Fsp3) is 1.00. The third-order valence-corrected chi connectivity index (χ3v) is 3.56. The van der Waals surface area contributed by atoms with Crippen molar-refractivity contribution in [1.82, 2.24) is 4.90 Å². The SMILES string of the molecule is CC(C)(C)OC[C@@]12CCCN1C[C@H](O)C2. The molecule has 3 heteroatoms. The molecule has 1 N–H and O–H groups in total. The molecule has 0 amide bonds. The molecule has 2 aliphatic rings. The second kappa shape index (κ2) is 3.72. The summed E-state index contributed by atoms with van der Waals surface area (Å²) in [6, 6.07) is 0. The molecule has 0 saturated carbocycles. The molecule has 0 aliphatic carbocycles. The lowest BCUT2D eigenvalue weighted by Crippen LogP contribution is -2.44. The van der Waals surface area contributed by atoms with E-state index >= 15 is 0 Å². The van der Waals surface area contributed by atoms with Crippen molar-refractivity contribution in [2.75, 3.05) is 19.7 Å². The molecule has 88 valence electrons. The smallest absolute Gasteiger partial charge is 0.0685 e. The number of aliphatic hydroxyl groups excluding tert-OH is 1. The second-order valence-electron chi connectivity index (χ2n) is 6.03. The van der Waals surface area contributed by atoms with Gasteiger partial charge in [-0.15, -0.1) is 0 Å². The number of aliphatic hydroxyl groups is 1. The first-order chi connectivity index (χ1) is 6.91. The van der Waals surface area contributed by atoms with Crippen LogP contribution < -0.4 is 0 Å². The Balaban J connectivity index is 1.99. The van der Waals surface area contributed by atoms with Crippen LogP contribution in [0, 0.1) is 0 Å². The maximum Gasteiger partial charge on any atom is 0.0685 e. The fourth-order valence-corrected chi connectivity index (χ4v) is 2.84. The molecular weight excluding hydrogens is 190 g/mol. The molecular formula is C12H23NO2. The molecule has 2 aliphatic heterocycles. The summed E-state index contributed by atoms with van der Waals surface area (Å²) in [7, 11) is 0. The monoisotopic (exact) mass is 213 g/mol. The molecule has 3 nitrogen and oxygen atoms in total. The van der Waals surface area contributed by atoms with Gasteiger partial charge in [-0.05, 0) is 46.6 Å². The van der Waals surface area contributed by atoms with Gasteiger partial charge < -0.3 is 9.84 Å². The molecule has 2 atom stereocenters. The fourth-order valence-electron chi connectivity index (χ4n) is 2.84. The Kier molecular flexibility index (Phi) is 2.82. The normalized spacial score (nSPS) is 37.2. The number of ether oxygens (including phenoxy) is 1. The van der Waals surface area contributed by atoms with Crippen LogP contribution >= 0.6 is 0 Å². The Bertz CT molecular complexity index is 236. The number of β-amino-alcohol motifs (C(OH)–C–C–N with tert-alkyl or cyclic N) is 1. The molecule has 0 spiro atoms. The van der Waals surface area contributed by atoms with Crippen LogP contribution in [0.4, 0.5) is 0 Å². The number of nitrogens with zero attached hydrogens (tertiary/aromatic N) is 1. The van der Waals surface area contributed by atoms with E-state index in [0.29, 0.717) is 0 Å². The lowest BCUT2D eigenvalue weighted by molar-refractivity contribution is -0.0528. The molecule has 0 unspecified atom stereocenters. The highest BCUT2D eigenvalue weighted by molar-refractivity contribution is 5.03. The molecule has 0 aromatic carbocycles. The summed E-state index contributed by atoms with van der Waals surface area (Å²) in [6.45, 7) is 9.02. The average molecular weight is 213 g/mol. The zero-order chi connectivity index (χ0) is 11.1. The van der Waals surface area contributed by atoms with Crippen molar-refractivity contribution in [3.05, 3.63) is 0 Å². The average Bonchev–Trinajstić information content (AvgIpc) is 2.55. The third kappa shape index (κ3) is 2.35. The molecule has 15 heavy (non-hydrogen) atoms. The highest BCUT2D eigenvalue weighted by atomic mass is 16.5. The minimum Gasteiger partial charge on any atom is -0.392 e. The molecule has 0 aromatic heterocycles.